The van der Waals surface area contributed by atoms with Crippen molar-refractivity contribution in [2.75, 3.05) is 5.32 Å². The molecule has 1 N–H and O–H groups in total. The van der Waals surface area contributed by atoms with Crippen molar-refractivity contribution in [2.24, 2.45) is 0 Å². The second-order valence-corrected chi connectivity index (χ2v) is 5.87. The van der Waals surface area contributed by atoms with Gasteiger partial charge in [0, 0.05) is 17.6 Å². The Hall–Kier alpha value is -0.580. The van der Waals surface area contributed by atoms with E-state index in [-0.39, 0.29) is 0 Å². The van der Waals surface area contributed by atoms with E-state index in [2.05, 4.69) is 32.3 Å². The van der Waals surface area contributed by atoms with Crippen LogP contribution in [-0.2, 0) is 6.54 Å². The van der Waals surface area contributed by atoms with Crippen molar-refractivity contribution < 1.29 is 0 Å². The quantitative estimate of drug-likeness (QED) is 0.920. The highest BCUT2D eigenvalue weighted by molar-refractivity contribution is 9.11. The highest BCUT2D eigenvalue weighted by Crippen LogP contribution is 2.24. The Morgan fingerprint density at radius 1 is 1.40 bits per heavy atom. The summed E-state index contributed by atoms with van der Waals surface area (Å²) < 4.78 is 1.14. The third-order valence-corrected chi connectivity index (χ3v) is 3.80. The van der Waals surface area contributed by atoms with E-state index in [1.165, 1.54) is 4.88 Å². The second-order valence-electron chi connectivity index (χ2n) is 2.91. The summed E-state index contributed by atoms with van der Waals surface area (Å²) in [4.78, 5) is 5.26. The predicted molar refractivity (Wildman–Crippen MR) is 68.6 cm³/mol. The normalized spacial score (nSPS) is 10.3. The van der Waals surface area contributed by atoms with Crippen molar-refractivity contribution in [3.63, 3.8) is 0 Å². The summed E-state index contributed by atoms with van der Waals surface area (Å²) in [5.74, 6) is 0. The zero-order chi connectivity index (χ0) is 10.7. The van der Waals surface area contributed by atoms with Gasteiger partial charge in [-0.05, 0) is 34.1 Å². The number of hydrogen-bond donors (Lipinski definition) is 1. The van der Waals surface area contributed by atoms with Crippen molar-refractivity contribution in [1.82, 2.24) is 4.98 Å². The number of aromatic nitrogens is 1. The topological polar surface area (TPSA) is 24.9 Å². The van der Waals surface area contributed by atoms with Gasteiger partial charge in [0.1, 0.15) is 0 Å². The molecule has 0 aliphatic rings. The lowest BCUT2D eigenvalue weighted by atomic mass is 10.4. The van der Waals surface area contributed by atoms with Crippen LogP contribution in [0.25, 0.3) is 0 Å². The average Bonchev–Trinajstić information content (AvgIpc) is 2.63. The molecule has 78 valence electrons. The van der Waals surface area contributed by atoms with Gasteiger partial charge in [-0.3, -0.25) is 4.98 Å². The Kier molecular flexibility index (Phi) is 3.61. The van der Waals surface area contributed by atoms with Gasteiger partial charge in [0.05, 0.1) is 20.7 Å². The van der Waals surface area contributed by atoms with Crippen LogP contribution in [0.3, 0.4) is 0 Å². The Morgan fingerprint density at radius 3 is 2.93 bits per heavy atom. The Balaban J connectivity index is 2.02. The lowest BCUT2D eigenvalue weighted by Crippen LogP contribution is -1.98. The monoisotopic (exact) mass is 302 g/mol. The average molecular weight is 304 g/mol. The molecule has 0 bridgehead atoms. The molecule has 0 aliphatic heterocycles. The summed E-state index contributed by atoms with van der Waals surface area (Å²) >= 11 is 11.1. The molecule has 0 saturated carbocycles. The summed E-state index contributed by atoms with van der Waals surface area (Å²) in [5, 5.41) is 3.93. The van der Waals surface area contributed by atoms with Gasteiger partial charge in [-0.2, -0.15) is 0 Å². The fourth-order valence-electron chi connectivity index (χ4n) is 1.14. The smallest absolute Gasteiger partial charge is 0.0718 e. The molecular formula is C10H8BrClN2S. The van der Waals surface area contributed by atoms with E-state index in [0.29, 0.717) is 5.02 Å². The van der Waals surface area contributed by atoms with Crippen LogP contribution in [0.2, 0.25) is 5.02 Å². The molecule has 2 nitrogen and oxygen atoms in total. The highest BCUT2D eigenvalue weighted by atomic mass is 79.9. The molecule has 0 radical (unpaired) electrons. The summed E-state index contributed by atoms with van der Waals surface area (Å²) in [7, 11) is 0. The van der Waals surface area contributed by atoms with E-state index in [9.17, 15) is 0 Å². The molecule has 15 heavy (non-hydrogen) atoms. The van der Waals surface area contributed by atoms with Gasteiger partial charge in [-0.25, -0.2) is 0 Å². The molecule has 0 atom stereocenters. The largest absolute Gasteiger partial charge is 0.378 e. The van der Waals surface area contributed by atoms with Gasteiger partial charge in [0.2, 0.25) is 0 Å². The summed E-state index contributed by atoms with van der Waals surface area (Å²) in [6.45, 7) is 0.766. The lowest BCUT2D eigenvalue weighted by molar-refractivity contribution is 1.17. The van der Waals surface area contributed by atoms with Crippen LogP contribution in [0.15, 0.2) is 34.4 Å². The minimum absolute atomic E-state index is 0.695. The van der Waals surface area contributed by atoms with E-state index in [1.807, 2.05) is 6.07 Å². The molecule has 5 heteroatoms. The third-order valence-electron chi connectivity index (χ3n) is 1.85. The first-order valence-electron chi connectivity index (χ1n) is 4.33. The van der Waals surface area contributed by atoms with E-state index in [1.54, 1.807) is 29.8 Å². The van der Waals surface area contributed by atoms with Crippen LogP contribution < -0.4 is 5.32 Å². The fraction of sp³-hybridized carbons (Fsp3) is 0.100. The van der Waals surface area contributed by atoms with Crippen LogP contribution in [0.1, 0.15) is 4.88 Å². The molecule has 0 aliphatic carbocycles. The molecule has 0 aromatic carbocycles. The molecule has 0 spiro atoms. The van der Waals surface area contributed by atoms with Gasteiger partial charge < -0.3 is 5.32 Å². The second kappa shape index (κ2) is 4.96. The van der Waals surface area contributed by atoms with Crippen LogP contribution in [-0.4, -0.2) is 4.98 Å². The maximum Gasteiger partial charge on any atom is 0.0718 e. The number of nitrogens with one attached hydrogen (secondary N) is 1. The van der Waals surface area contributed by atoms with E-state index < -0.39 is 0 Å². The highest BCUT2D eigenvalue weighted by Gasteiger charge is 2.00. The molecule has 2 aromatic rings. The summed E-state index contributed by atoms with van der Waals surface area (Å²) in [5.41, 5.74) is 0.865. The van der Waals surface area contributed by atoms with Crippen molar-refractivity contribution in [2.45, 2.75) is 6.54 Å². The van der Waals surface area contributed by atoms with E-state index in [4.69, 9.17) is 11.6 Å². The molecular weight excluding hydrogens is 296 g/mol. The van der Waals surface area contributed by atoms with Crippen LogP contribution in [0, 0.1) is 0 Å². The number of halogens is 2. The third kappa shape index (κ3) is 2.93. The van der Waals surface area contributed by atoms with Crippen LogP contribution in [0.4, 0.5) is 5.69 Å². The van der Waals surface area contributed by atoms with Gasteiger partial charge in [0.15, 0.2) is 0 Å². The van der Waals surface area contributed by atoms with Crippen molar-refractivity contribution in [1.29, 1.82) is 0 Å². The number of rotatable bonds is 3. The zero-order valence-corrected chi connectivity index (χ0v) is 10.9. The van der Waals surface area contributed by atoms with Crippen LogP contribution >= 0.6 is 38.9 Å². The molecule has 2 aromatic heterocycles. The molecule has 2 heterocycles. The number of nitrogens with zero attached hydrogens (tertiary/aromatic N) is 1. The number of hydrogen-bond acceptors (Lipinski definition) is 3. The minimum atomic E-state index is 0.695. The van der Waals surface area contributed by atoms with Gasteiger partial charge >= 0.3 is 0 Å². The first-order valence-corrected chi connectivity index (χ1v) is 6.32. The zero-order valence-electron chi connectivity index (χ0n) is 7.71. The SMILES string of the molecule is Clc1ccncc1NCc1ccc(Br)s1. The van der Waals surface area contributed by atoms with E-state index >= 15 is 0 Å². The maximum absolute atomic E-state index is 5.99. The Morgan fingerprint density at radius 2 is 2.27 bits per heavy atom. The summed E-state index contributed by atoms with van der Waals surface area (Å²) in [6.07, 6.45) is 3.40. The van der Waals surface area contributed by atoms with E-state index in [0.717, 1.165) is 16.0 Å². The van der Waals surface area contributed by atoms with Gasteiger partial charge in [0.25, 0.3) is 0 Å². The van der Waals surface area contributed by atoms with Crippen molar-refractivity contribution in [3.05, 3.63) is 44.3 Å². The van der Waals surface area contributed by atoms with Gasteiger partial charge in [-0.1, -0.05) is 11.6 Å². The molecule has 0 unspecified atom stereocenters. The lowest BCUT2D eigenvalue weighted by Gasteiger charge is -2.05. The first-order chi connectivity index (χ1) is 7.25. The standard InChI is InChI=1S/C10H8BrClN2S/c11-10-2-1-7(15-10)5-14-9-6-13-4-3-8(9)12/h1-4,6,14H,5H2. The number of anilines is 1. The van der Waals surface area contributed by atoms with Crippen molar-refractivity contribution in [3.8, 4) is 0 Å². The molecule has 0 fully saturated rings. The number of pyridine rings is 1. The maximum atomic E-state index is 5.99. The predicted octanol–water partition coefficient (Wildman–Crippen LogP) is 4.17. The first kappa shape index (κ1) is 10.9. The minimum Gasteiger partial charge on any atom is -0.378 e. The fourth-order valence-corrected chi connectivity index (χ4v) is 2.73. The van der Waals surface area contributed by atoms with Crippen LogP contribution in [0.5, 0.6) is 0 Å². The Labute approximate surface area is 105 Å². The molecule has 2 rings (SSSR count). The summed E-state index contributed by atoms with van der Waals surface area (Å²) in [6, 6.07) is 5.88. The van der Waals surface area contributed by atoms with Gasteiger partial charge in [-0.15, -0.1) is 11.3 Å². The Bertz CT molecular complexity index is 458. The van der Waals surface area contributed by atoms with Crippen molar-refractivity contribution >= 4 is 44.6 Å². The molecule has 0 saturated heterocycles. The molecule has 0 amide bonds. The number of thiophene rings is 1.